The Labute approximate surface area is 160 Å². The van der Waals surface area contributed by atoms with Crippen LogP contribution in [-0.2, 0) is 0 Å². The zero-order valence-corrected chi connectivity index (χ0v) is 15.8. The number of carbonyl (C=O) groups excluding carboxylic acids is 1. The van der Waals surface area contributed by atoms with E-state index in [1.54, 1.807) is 18.2 Å². The minimum atomic E-state index is -0.119. The Morgan fingerprint density at radius 1 is 1.09 bits per heavy atom. The van der Waals surface area contributed by atoms with Crippen LogP contribution < -0.4 is 28.9 Å². The van der Waals surface area contributed by atoms with E-state index in [9.17, 15) is 4.79 Å². The van der Waals surface area contributed by atoms with Crippen molar-refractivity contribution in [2.45, 2.75) is 13.8 Å². The normalized spacial score (nSPS) is 10.8. The molecular formula is C17H16Cl2LiO2P. The second-order valence-electron chi connectivity index (χ2n) is 5.21. The van der Waals surface area contributed by atoms with Crippen molar-refractivity contribution in [3.63, 3.8) is 0 Å². The van der Waals surface area contributed by atoms with E-state index >= 15 is 0 Å². The monoisotopic (exact) mass is 360 g/mol. The summed E-state index contributed by atoms with van der Waals surface area (Å²) in [5.41, 5.74) is 0.249. The Bertz CT molecular complexity index is 640. The molecule has 2 aromatic carbocycles. The first-order valence-electron chi connectivity index (χ1n) is 6.90. The molecule has 2 rings (SSSR count). The number of halogens is 2. The van der Waals surface area contributed by atoms with E-state index in [-0.39, 0.29) is 24.4 Å². The number of hydrogen-bond acceptors (Lipinski definition) is 2. The van der Waals surface area contributed by atoms with E-state index in [2.05, 4.69) is 13.8 Å². The summed E-state index contributed by atoms with van der Waals surface area (Å²) in [5.74, 6) is 1.28. The van der Waals surface area contributed by atoms with Gasteiger partial charge in [0.1, 0.15) is 5.75 Å². The molecule has 0 radical (unpaired) electrons. The molecule has 0 aliphatic rings. The van der Waals surface area contributed by atoms with Gasteiger partial charge in [-0.2, -0.15) is 5.30 Å². The largest absolute Gasteiger partial charge is 1.00 e. The first kappa shape index (κ1) is 20.6. The Morgan fingerprint density at radius 2 is 1.65 bits per heavy atom. The predicted octanol–water partition coefficient (Wildman–Crippen LogP) is 2.44. The van der Waals surface area contributed by atoms with E-state index < -0.39 is 0 Å². The third-order valence-electron chi connectivity index (χ3n) is 2.83. The number of ether oxygens (including phenoxy) is 1. The van der Waals surface area contributed by atoms with Crippen LogP contribution in [0.15, 0.2) is 42.5 Å². The first-order valence-corrected chi connectivity index (χ1v) is 8.55. The molecule has 0 N–H and O–H groups in total. The number of benzene rings is 2. The van der Waals surface area contributed by atoms with E-state index in [1.807, 2.05) is 24.3 Å². The van der Waals surface area contributed by atoms with Crippen LogP contribution in [0.25, 0.3) is 0 Å². The van der Waals surface area contributed by atoms with Gasteiger partial charge in [-0.3, -0.25) is 0 Å². The molecular weight excluding hydrogens is 345 g/mol. The fourth-order valence-electron chi connectivity index (χ4n) is 1.76. The van der Waals surface area contributed by atoms with Crippen molar-refractivity contribution in [1.29, 1.82) is 0 Å². The molecule has 0 aromatic heterocycles. The summed E-state index contributed by atoms with van der Waals surface area (Å²) >= 11 is 12.1. The van der Waals surface area contributed by atoms with Crippen molar-refractivity contribution < 1.29 is 28.4 Å². The van der Waals surface area contributed by atoms with Gasteiger partial charge >= 0.3 is 18.9 Å². The van der Waals surface area contributed by atoms with Crippen molar-refractivity contribution in [1.82, 2.24) is 0 Å². The third kappa shape index (κ3) is 6.15. The van der Waals surface area contributed by atoms with Crippen LogP contribution >= 0.6 is 31.8 Å². The molecule has 116 valence electrons. The number of hydrogen-bond donors (Lipinski definition) is 0. The molecule has 0 unspecified atom stereocenters. The van der Waals surface area contributed by atoms with Gasteiger partial charge in [0.15, 0.2) is 0 Å². The summed E-state index contributed by atoms with van der Waals surface area (Å²) in [5, 5.41) is 1.63. The Morgan fingerprint density at radius 3 is 2.17 bits per heavy atom. The molecule has 0 fully saturated rings. The molecule has 6 heteroatoms. The smallest absolute Gasteiger partial charge is 0.493 e. The van der Waals surface area contributed by atoms with E-state index in [0.717, 1.165) is 11.1 Å². The summed E-state index contributed by atoms with van der Waals surface area (Å²) in [4.78, 5) is 12.3. The van der Waals surface area contributed by atoms with Gasteiger partial charge in [0, 0.05) is 11.1 Å². The SMILES string of the molecule is CC(C)COc1ccc([P-]C(=O)c2c(Cl)cccc2Cl)cc1.[Li+]. The number of carbonyl (C=O) groups is 1. The molecule has 0 saturated heterocycles. The second-order valence-corrected chi connectivity index (χ2v) is 7.17. The predicted molar refractivity (Wildman–Crippen MR) is 94.1 cm³/mol. The van der Waals surface area contributed by atoms with Gasteiger partial charge in [0.25, 0.3) is 0 Å². The maximum Gasteiger partial charge on any atom is 1.00 e. The quantitative estimate of drug-likeness (QED) is 0.584. The van der Waals surface area contributed by atoms with Crippen LogP contribution in [0.1, 0.15) is 24.2 Å². The second kappa shape index (κ2) is 9.73. The molecule has 0 heterocycles. The van der Waals surface area contributed by atoms with Gasteiger partial charge in [-0.1, -0.05) is 55.2 Å². The van der Waals surface area contributed by atoms with Crippen molar-refractivity contribution in [2.24, 2.45) is 5.92 Å². The minimum absolute atomic E-state index is 0. The van der Waals surface area contributed by atoms with Gasteiger partial charge in [-0.15, -0.1) is 0 Å². The average Bonchev–Trinajstić information content (AvgIpc) is 2.46. The summed E-state index contributed by atoms with van der Waals surface area (Å²) in [6, 6.07) is 12.5. The molecule has 0 amide bonds. The van der Waals surface area contributed by atoms with Crippen LogP contribution in [0.3, 0.4) is 0 Å². The van der Waals surface area contributed by atoms with Crippen LogP contribution in [0, 0.1) is 5.92 Å². The fraction of sp³-hybridized carbons (Fsp3) is 0.235. The van der Waals surface area contributed by atoms with Gasteiger partial charge in [0.05, 0.1) is 16.7 Å². The number of rotatable bonds is 6. The van der Waals surface area contributed by atoms with Gasteiger partial charge in [-0.25, -0.2) is 0 Å². The van der Waals surface area contributed by atoms with Crippen LogP contribution in [0.4, 0.5) is 0 Å². The van der Waals surface area contributed by atoms with E-state index in [0.29, 0.717) is 36.7 Å². The molecule has 2 nitrogen and oxygen atoms in total. The molecule has 0 spiro atoms. The van der Waals surface area contributed by atoms with Gasteiger partial charge in [0.2, 0.25) is 0 Å². The third-order valence-corrected chi connectivity index (χ3v) is 4.44. The summed E-state index contributed by atoms with van der Waals surface area (Å²) < 4.78 is 5.62. The topological polar surface area (TPSA) is 26.3 Å². The maximum absolute atomic E-state index is 12.3. The molecule has 0 aliphatic heterocycles. The van der Waals surface area contributed by atoms with Crippen molar-refractivity contribution in [2.75, 3.05) is 6.61 Å². The van der Waals surface area contributed by atoms with Crippen molar-refractivity contribution >= 4 is 42.6 Å². The van der Waals surface area contributed by atoms with E-state index in [4.69, 9.17) is 27.9 Å². The molecule has 0 bridgehead atoms. The Kier molecular flexibility index (Phi) is 8.70. The Hall–Kier alpha value is -0.483. The van der Waals surface area contributed by atoms with Gasteiger partial charge in [-0.05, 0) is 30.2 Å². The average molecular weight is 361 g/mol. The minimum Gasteiger partial charge on any atom is -0.493 e. The van der Waals surface area contributed by atoms with Gasteiger partial charge < -0.3 is 18.1 Å². The summed E-state index contributed by atoms with van der Waals surface area (Å²) in [6.45, 7) is 4.86. The Balaban J connectivity index is 0.00000264. The standard InChI is InChI=1S/C17H16Cl2O2P.Li/c1-11(2)10-21-12-6-8-13(9-7-12)22-17(20)16-14(18)4-3-5-15(16)19;/h3-9,11H,10H2,1-2H3;/q-1;+1. The summed E-state index contributed by atoms with van der Waals surface area (Å²) in [7, 11) is 0.537. The van der Waals surface area contributed by atoms with Crippen molar-refractivity contribution in [3.8, 4) is 5.75 Å². The molecule has 0 aliphatic carbocycles. The van der Waals surface area contributed by atoms with Crippen LogP contribution in [-0.4, -0.2) is 12.1 Å². The molecule has 23 heavy (non-hydrogen) atoms. The van der Waals surface area contributed by atoms with Crippen molar-refractivity contribution in [3.05, 3.63) is 58.1 Å². The molecule has 0 atom stereocenters. The van der Waals surface area contributed by atoms with E-state index in [1.165, 1.54) is 0 Å². The molecule has 0 saturated carbocycles. The zero-order valence-electron chi connectivity index (χ0n) is 13.3. The first-order chi connectivity index (χ1) is 10.5. The van der Waals surface area contributed by atoms with Crippen LogP contribution in [0.2, 0.25) is 10.0 Å². The molecule has 2 aromatic rings. The fourth-order valence-corrected chi connectivity index (χ4v) is 3.34. The zero-order chi connectivity index (χ0) is 16.1. The maximum atomic E-state index is 12.3. The summed E-state index contributed by atoms with van der Waals surface area (Å²) in [6.07, 6.45) is 0. The van der Waals surface area contributed by atoms with Crippen LogP contribution in [0.5, 0.6) is 5.75 Å².